The normalized spacial score (nSPS) is 10.1. The lowest BCUT2D eigenvalue weighted by Crippen LogP contribution is -1.96. The van der Waals surface area contributed by atoms with Crippen molar-refractivity contribution >= 4 is 5.69 Å². The molecule has 1 aromatic carbocycles. The SMILES string of the molecule is Cc1cc(F)c(F)c(O)c1[N+](=O)[O-]. The summed E-state index contributed by atoms with van der Waals surface area (Å²) in [6.45, 7) is 1.21. The van der Waals surface area contributed by atoms with Crippen molar-refractivity contribution in [2.24, 2.45) is 0 Å². The molecule has 0 saturated heterocycles. The van der Waals surface area contributed by atoms with Gasteiger partial charge in [0.25, 0.3) is 0 Å². The average Bonchev–Trinajstić information content (AvgIpc) is 1.99. The molecular weight excluding hydrogens is 184 g/mol. The summed E-state index contributed by atoms with van der Waals surface area (Å²) in [6.07, 6.45) is 0. The third-order valence-corrected chi connectivity index (χ3v) is 1.54. The summed E-state index contributed by atoms with van der Waals surface area (Å²) in [5.41, 5.74) is -0.930. The summed E-state index contributed by atoms with van der Waals surface area (Å²) in [7, 11) is 0. The van der Waals surface area contributed by atoms with Crippen molar-refractivity contribution in [1.82, 2.24) is 0 Å². The maximum atomic E-state index is 12.6. The molecule has 0 aliphatic rings. The number of nitro groups is 1. The van der Waals surface area contributed by atoms with E-state index in [1.807, 2.05) is 0 Å². The van der Waals surface area contributed by atoms with Crippen LogP contribution in [-0.2, 0) is 0 Å². The molecule has 70 valence electrons. The molecular formula is C7H5F2NO3. The molecule has 6 heteroatoms. The number of hydrogen-bond donors (Lipinski definition) is 1. The van der Waals surface area contributed by atoms with Gasteiger partial charge in [-0.15, -0.1) is 0 Å². The average molecular weight is 189 g/mol. The number of phenolic OH excluding ortho intramolecular Hbond substituents is 1. The Kier molecular flexibility index (Phi) is 2.14. The molecule has 0 spiro atoms. The highest BCUT2D eigenvalue weighted by Gasteiger charge is 2.24. The van der Waals surface area contributed by atoms with Crippen LogP contribution in [0.15, 0.2) is 6.07 Å². The summed E-state index contributed by atoms with van der Waals surface area (Å²) in [4.78, 5) is 9.30. The maximum absolute atomic E-state index is 12.6. The number of aromatic hydroxyl groups is 1. The topological polar surface area (TPSA) is 63.4 Å². The van der Waals surface area contributed by atoms with Crippen molar-refractivity contribution in [2.45, 2.75) is 6.92 Å². The van der Waals surface area contributed by atoms with Gasteiger partial charge in [-0.2, -0.15) is 4.39 Å². The summed E-state index contributed by atoms with van der Waals surface area (Å²) < 4.78 is 25.1. The number of nitro benzene ring substituents is 1. The van der Waals surface area contributed by atoms with Gasteiger partial charge in [-0.3, -0.25) is 10.1 Å². The Bertz CT molecular complexity index is 378. The first-order chi connectivity index (χ1) is 5.95. The largest absolute Gasteiger partial charge is 0.500 e. The Morgan fingerprint density at radius 2 is 2.08 bits per heavy atom. The van der Waals surface area contributed by atoms with E-state index in [1.165, 1.54) is 6.92 Å². The molecule has 1 rings (SSSR count). The van der Waals surface area contributed by atoms with Gasteiger partial charge in [0, 0.05) is 5.56 Å². The molecule has 0 atom stereocenters. The zero-order valence-corrected chi connectivity index (χ0v) is 6.54. The van der Waals surface area contributed by atoms with E-state index in [2.05, 4.69) is 0 Å². The van der Waals surface area contributed by atoms with Crippen LogP contribution in [-0.4, -0.2) is 10.0 Å². The monoisotopic (exact) mass is 189 g/mol. The molecule has 0 unspecified atom stereocenters. The van der Waals surface area contributed by atoms with E-state index < -0.39 is 28.0 Å². The second-order valence-electron chi connectivity index (χ2n) is 2.44. The predicted octanol–water partition coefficient (Wildman–Crippen LogP) is 1.89. The molecule has 0 fully saturated rings. The summed E-state index contributed by atoms with van der Waals surface area (Å²) in [5, 5.41) is 19.1. The van der Waals surface area contributed by atoms with Crippen LogP contribution in [0.5, 0.6) is 5.75 Å². The highest BCUT2D eigenvalue weighted by molar-refractivity contribution is 5.52. The van der Waals surface area contributed by atoms with Gasteiger partial charge in [-0.05, 0) is 13.0 Å². The fourth-order valence-electron chi connectivity index (χ4n) is 0.956. The van der Waals surface area contributed by atoms with E-state index in [-0.39, 0.29) is 5.56 Å². The second-order valence-corrected chi connectivity index (χ2v) is 2.44. The third kappa shape index (κ3) is 1.42. The van der Waals surface area contributed by atoms with Crippen molar-refractivity contribution < 1.29 is 18.8 Å². The summed E-state index contributed by atoms with van der Waals surface area (Å²) in [5.74, 6) is -4.17. The Morgan fingerprint density at radius 1 is 1.54 bits per heavy atom. The minimum Gasteiger partial charge on any atom is -0.500 e. The van der Waals surface area contributed by atoms with Crippen LogP contribution >= 0.6 is 0 Å². The maximum Gasteiger partial charge on any atom is 0.316 e. The molecule has 0 aliphatic carbocycles. The quantitative estimate of drug-likeness (QED) is 0.541. The van der Waals surface area contributed by atoms with Crippen molar-refractivity contribution in [1.29, 1.82) is 0 Å². The van der Waals surface area contributed by atoms with Gasteiger partial charge in [0.1, 0.15) is 0 Å². The number of benzene rings is 1. The molecule has 0 aliphatic heterocycles. The van der Waals surface area contributed by atoms with E-state index in [1.54, 1.807) is 0 Å². The van der Waals surface area contributed by atoms with Gasteiger partial charge < -0.3 is 5.11 Å². The van der Waals surface area contributed by atoms with Crippen LogP contribution in [0.4, 0.5) is 14.5 Å². The van der Waals surface area contributed by atoms with Gasteiger partial charge in [0.2, 0.25) is 11.6 Å². The fraction of sp³-hybridized carbons (Fsp3) is 0.143. The molecule has 13 heavy (non-hydrogen) atoms. The second kappa shape index (κ2) is 2.96. The van der Waals surface area contributed by atoms with Gasteiger partial charge in [-0.1, -0.05) is 0 Å². The predicted molar refractivity (Wildman–Crippen MR) is 39.4 cm³/mol. The summed E-state index contributed by atoms with van der Waals surface area (Å²) in [6, 6.07) is 0.660. The highest BCUT2D eigenvalue weighted by atomic mass is 19.2. The van der Waals surface area contributed by atoms with E-state index in [0.717, 1.165) is 0 Å². The molecule has 0 amide bonds. The number of rotatable bonds is 1. The van der Waals surface area contributed by atoms with Crippen LogP contribution in [0.25, 0.3) is 0 Å². The summed E-state index contributed by atoms with van der Waals surface area (Å²) >= 11 is 0. The first kappa shape index (κ1) is 9.37. The molecule has 0 radical (unpaired) electrons. The Balaban J connectivity index is 3.53. The Labute approximate surface area is 71.6 Å². The number of aryl methyl sites for hydroxylation is 1. The van der Waals surface area contributed by atoms with E-state index in [4.69, 9.17) is 5.11 Å². The van der Waals surface area contributed by atoms with Gasteiger partial charge in [0.05, 0.1) is 4.92 Å². The molecule has 0 bridgehead atoms. The van der Waals surface area contributed by atoms with Crippen molar-refractivity contribution in [2.75, 3.05) is 0 Å². The number of halogens is 2. The van der Waals surface area contributed by atoms with Crippen LogP contribution in [0.3, 0.4) is 0 Å². The zero-order chi connectivity index (χ0) is 10.2. The number of phenols is 1. The van der Waals surface area contributed by atoms with E-state index in [0.29, 0.717) is 6.07 Å². The molecule has 1 N–H and O–H groups in total. The lowest BCUT2D eigenvalue weighted by atomic mass is 10.2. The van der Waals surface area contributed by atoms with Crippen LogP contribution in [0, 0.1) is 28.7 Å². The van der Waals surface area contributed by atoms with Crippen LogP contribution in [0.1, 0.15) is 5.56 Å². The van der Waals surface area contributed by atoms with Crippen LogP contribution < -0.4 is 0 Å². The molecule has 4 nitrogen and oxygen atoms in total. The number of nitrogens with zero attached hydrogens (tertiary/aromatic N) is 1. The van der Waals surface area contributed by atoms with Crippen molar-refractivity contribution in [3.8, 4) is 5.75 Å². The Morgan fingerprint density at radius 3 is 2.54 bits per heavy atom. The first-order valence-electron chi connectivity index (χ1n) is 3.27. The fourth-order valence-corrected chi connectivity index (χ4v) is 0.956. The molecule has 0 heterocycles. The number of hydrogen-bond acceptors (Lipinski definition) is 3. The Hall–Kier alpha value is -1.72. The highest BCUT2D eigenvalue weighted by Crippen LogP contribution is 2.33. The van der Waals surface area contributed by atoms with Gasteiger partial charge >= 0.3 is 5.69 Å². The first-order valence-corrected chi connectivity index (χ1v) is 3.27. The van der Waals surface area contributed by atoms with Crippen LogP contribution in [0.2, 0.25) is 0 Å². The molecule has 1 aromatic rings. The van der Waals surface area contributed by atoms with E-state index >= 15 is 0 Å². The smallest absolute Gasteiger partial charge is 0.316 e. The van der Waals surface area contributed by atoms with Crippen molar-refractivity contribution in [3.63, 3.8) is 0 Å². The van der Waals surface area contributed by atoms with Gasteiger partial charge in [-0.25, -0.2) is 4.39 Å². The minimum absolute atomic E-state index is 0.124. The zero-order valence-electron chi connectivity index (χ0n) is 6.54. The standard InChI is InChI=1S/C7H5F2NO3/c1-3-2-4(8)5(9)7(11)6(3)10(12)13/h2,11H,1H3. The lowest BCUT2D eigenvalue weighted by molar-refractivity contribution is -0.386. The minimum atomic E-state index is -1.60. The van der Waals surface area contributed by atoms with E-state index in [9.17, 15) is 18.9 Å². The van der Waals surface area contributed by atoms with Gasteiger partial charge in [0.15, 0.2) is 5.82 Å². The van der Waals surface area contributed by atoms with Crippen molar-refractivity contribution in [3.05, 3.63) is 33.4 Å². The lowest BCUT2D eigenvalue weighted by Gasteiger charge is -2.01. The third-order valence-electron chi connectivity index (χ3n) is 1.54. The molecule has 0 saturated carbocycles. The molecule has 0 aromatic heterocycles.